The highest BCUT2D eigenvalue weighted by Gasteiger charge is 2.18. The lowest BCUT2D eigenvalue weighted by molar-refractivity contribution is -0.445. The van der Waals surface area contributed by atoms with E-state index in [9.17, 15) is 20.2 Å². The summed E-state index contributed by atoms with van der Waals surface area (Å²) < 4.78 is 0. The minimum absolute atomic E-state index is 0.0600. The first-order valence-corrected chi connectivity index (χ1v) is 4.51. The van der Waals surface area contributed by atoms with Gasteiger partial charge in [0.1, 0.15) is 11.4 Å². The third-order valence-electron chi connectivity index (χ3n) is 2.01. The van der Waals surface area contributed by atoms with E-state index in [-0.39, 0.29) is 17.1 Å². The maximum Gasteiger partial charge on any atom is 0.292 e. The lowest BCUT2D eigenvalue weighted by Crippen LogP contribution is -2.12. The lowest BCUT2D eigenvalue weighted by Gasteiger charge is -2.05. The second kappa shape index (κ2) is 4.51. The summed E-state index contributed by atoms with van der Waals surface area (Å²) >= 11 is 0. The largest absolute Gasteiger partial charge is 0.292 e. The van der Waals surface area contributed by atoms with Crippen LogP contribution in [0, 0.1) is 27.2 Å². The van der Waals surface area contributed by atoms with Gasteiger partial charge in [-0.2, -0.15) is 0 Å². The number of pyridine rings is 1. The van der Waals surface area contributed by atoms with Crippen LogP contribution in [0.25, 0.3) is 0 Å². The summed E-state index contributed by atoms with van der Waals surface area (Å²) in [7, 11) is 0. The zero-order valence-corrected chi connectivity index (χ0v) is 8.76. The van der Waals surface area contributed by atoms with Crippen LogP contribution >= 0.6 is 0 Å². The quantitative estimate of drug-likeness (QED) is 0.614. The fourth-order valence-electron chi connectivity index (χ4n) is 1.29. The highest BCUT2D eigenvalue weighted by molar-refractivity contribution is 5.54. The molecule has 0 spiro atoms. The van der Waals surface area contributed by atoms with E-state index in [1.54, 1.807) is 6.92 Å². The Kier molecular flexibility index (Phi) is 3.33. The van der Waals surface area contributed by atoms with Crippen LogP contribution in [0.3, 0.4) is 0 Å². The molecule has 0 aliphatic heterocycles. The van der Waals surface area contributed by atoms with Crippen LogP contribution in [0.15, 0.2) is 6.07 Å². The summed E-state index contributed by atoms with van der Waals surface area (Å²) in [6.45, 7) is 3.26. The summed E-state index contributed by atoms with van der Waals surface area (Å²) in [5.74, 6) is 0. The first kappa shape index (κ1) is 11.8. The molecular weight excluding hydrogens is 216 g/mol. The van der Waals surface area contributed by atoms with Crippen molar-refractivity contribution in [3.05, 3.63) is 37.7 Å². The molecule has 8 nitrogen and oxygen atoms in total. The predicted octanol–water partition coefficient (Wildman–Crippen LogP) is 1.46. The van der Waals surface area contributed by atoms with Gasteiger partial charge in [0, 0.05) is 6.07 Å². The van der Waals surface area contributed by atoms with Gasteiger partial charge in [0.25, 0.3) is 5.69 Å². The Morgan fingerprint density at radius 1 is 1.44 bits per heavy atom. The molecule has 1 heterocycles. The average molecular weight is 226 g/mol. The summed E-state index contributed by atoms with van der Waals surface area (Å²) in [4.78, 5) is 24.3. The zero-order valence-electron chi connectivity index (χ0n) is 8.76. The van der Waals surface area contributed by atoms with Crippen LogP contribution in [0.5, 0.6) is 0 Å². The molecule has 0 fully saturated rings. The van der Waals surface area contributed by atoms with Gasteiger partial charge in [0.2, 0.25) is 0 Å². The van der Waals surface area contributed by atoms with E-state index >= 15 is 0 Å². The molecule has 1 N–H and O–H groups in total. The Morgan fingerprint density at radius 3 is 2.50 bits per heavy atom. The lowest BCUT2D eigenvalue weighted by atomic mass is 10.2. The van der Waals surface area contributed by atoms with Gasteiger partial charge >= 0.3 is 0 Å². The number of nitro groups is 2. The van der Waals surface area contributed by atoms with Gasteiger partial charge in [0.05, 0.1) is 10.6 Å². The second-order valence-corrected chi connectivity index (χ2v) is 3.07. The molecular formula is C8H10N4O4. The molecule has 0 aliphatic carbocycles. The molecule has 1 aromatic heterocycles. The Morgan fingerprint density at radius 2 is 2.06 bits per heavy atom. The standard InChI is InChI=1S/C8H10N4O4/c1-3-6-7(10-12(15)16)4-8(11(13)14)5(2)9-6/h4,10H,3H2,1-2H3. The number of aromatic nitrogens is 1. The zero-order chi connectivity index (χ0) is 12.3. The first-order valence-electron chi connectivity index (χ1n) is 4.51. The predicted molar refractivity (Wildman–Crippen MR) is 55.6 cm³/mol. The van der Waals surface area contributed by atoms with E-state index in [4.69, 9.17) is 0 Å². The Hall–Kier alpha value is -2.25. The van der Waals surface area contributed by atoms with E-state index in [0.29, 0.717) is 12.1 Å². The van der Waals surface area contributed by atoms with Crippen molar-refractivity contribution in [1.82, 2.24) is 4.98 Å². The fraction of sp³-hybridized carbons (Fsp3) is 0.375. The van der Waals surface area contributed by atoms with Gasteiger partial charge in [-0.25, -0.2) is 15.1 Å². The third-order valence-corrected chi connectivity index (χ3v) is 2.01. The molecule has 1 aromatic rings. The Labute approximate surface area is 90.6 Å². The number of aryl methyl sites for hydroxylation is 2. The van der Waals surface area contributed by atoms with E-state index in [2.05, 4.69) is 4.98 Å². The average Bonchev–Trinajstić information content (AvgIpc) is 2.18. The van der Waals surface area contributed by atoms with Crippen molar-refractivity contribution in [2.45, 2.75) is 20.3 Å². The number of hydrogen-bond donors (Lipinski definition) is 1. The number of hydrogen-bond acceptors (Lipinski definition) is 5. The molecule has 0 saturated heterocycles. The summed E-state index contributed by atoms with van der Waals surface area (Å²) in [5.41, 5.74) is 2.40. The van der Waals surface area contributed by atoms with Gasteiger partial charge in [-0.05, 0) is 13.3 Å². The van der Waals surface area contributed by atoms with Gasteiger partial charge in [0.15, 0.2) is 5.03 Å². The van der Waals surface area contributed by atoms with Crippen molar-refractivity contribution >= 4 is 11.4 Å². The van der Waals surface area contributed by atoms with E-state index in [1.807, 2.05) is 5.43 Å². The van der Waals surface area contributed by atoms with Crippen molar-refractivity contribution in [3.8, 4) is 0 Å². The molecule has 0 aromatic carbocycles. The van der Waals surface area contributed by atoms with Crippen molar-refractivity contribution in [1.29, 1.82) is 0 Å². The molecule has 0 atom stereocenters. The number of hydrazine groups is 1. The minimum Gasteiger partial charge on any atom is -0.258 e. The first-order chi connectivity index (χ1) is 7.45. The minimum atomic E-state index is -0.769. The van der Waals surface area contributed by atoms with Crippen LogP contribution < -0.4 is 5.43 Å². The number of rotatable bonds is 4. The van der Waals surface area contributed by atoms with Crippen LogP contribution in [-0.2, 0) is 6.42 Å². The molecule has 0 radical (unpaired) electrons. The van der Waals surface area contributed by atoms with Crippen LogP contribution in [0.1, 0.15) is 18.3 Å². The molecule has 0 aliphatic rings. The summed E-state index contributed by atoms with van der Waals surface area (Å²) in [5, 5.41) is 20.2. The molecule has 0 saturated carbocycles. The highest BCUT2D eigenvalue weighted by atomic mass is 16.7. The molecule has 1 rings (SSSR count). The molecule has 0 unspecified atom stereocenters. The molecule has 86 valence electrons. The number of nitrogens with one attached hydrogen (secondary N) is 1. The summed E-state index contributed by atoms with van der Waals surface area (Å²) in [6.07, 6.45) is 0.453. The molecule has 0 bridgehead atoms. The van der Waals surface area contributed by atoms with Gasteiger partial charge in [-0.1, -0.05) is 6.92 Å². The van der Waals surface area contributed by atoms with Crippen LogP contribution in [0.2, 0.25) is 0 Å². The van der Waals surface area contributed by atoms with Crippen molar-refractivity contribution in [3.63, 3.8) is 0 Å². The smallest absolute Gasteiger partial charge is 0.258 e. The van der Waals surface area contributed by atoms with Gasteiger partial charge < -0.3 is 0 Å². The van der Waals surface area contributed by atoms with E-state index < -0.39 is 9.96 Å². The van der Waals surface area contributed by atoms with Crippen molar-refractivity contribution in [2.75, 3.05) is 5.43 Å². The molecule has 0 amide bonds. The Bertz CT molecular complexity index is 446. The maximum atomic E-state index is 10.6. The SMILES string of the molecule is CCc1nc(C)c([N+](=O)[O-])cc1N[N+](=O)[O-]. The highest BCUT2D eigenvalue weighted by Crippen LogP contribution is 2.24. The Balaban J connectivity index is 3.28. The van der Waals surface area contributed by atoms with Crippen molar-refractivity contribution in [2.24, 2.45) is 0 Å². The topological polar surface area (TPSA) is 111 Å². The maximum absolute atomic E-state index is 10.6. The third kappa shape index (κ3) is 2.41. The van der Waals surface area contributed by atoms with Crippen molar-refractivity contribution < 1.29 is 9.96 Å². The second-order valence-electron chi connectivity index (χ2n) is 3.07. The number of nitrogens with zero attached hydrogens (tertiary/aromatic N) is 3. The number of anilines is 1. The normalized spacial score (nSPS) is 9.88. The van der Waals surface area contributed by atoms with E-state index in [1.165, 1.54) is 6.92 Å². The van der Waals surface area contributed by atoms with Crippen LogP contribution in [-0.4, -0.2) is 14.9 Å². The van der Waals surface area contributed by atoms with Gasteiger partial charge in [-0.3, -0.25) is 10.1 Å². The van der Waals surface area contributed by atoms with Crippen LogP contribution in [0.4, 0.5) is 11.4 Å². The fourth-order valence-corrected chi connectivity index (χ4v) is 1.29. The molecule has 16 heavy (non-hydrogen) atoms. The van der Waals surface area contributed by atoms with E-state index in [0.717, 1.165) is 6.07 Å². The summed E-state index contributed by atoms with van der Waals surface area (Å²) in [6, 6.07) is 1.13. The van der Waals surface area contributed by atoms with Gasteiger partial charge in [-0.15, -0.1) is 5.43 Å². The molecule has 8 heteroatoms. The monoisotopic (exact) mass is 226 g/mol.